The molecule has 3 amide bonds. The van der Waals surface area contributed by atoms with Crippen LogP contribution in [0.25, 0.3) is 0 Å². The maximum Gasteiger partial charge on any atom is 0.256 e. The number of benzene rings is 1. The molecule has 1 aromatic heterocycles. The predicted molar refractivity (Wildman–Crippen MR) is 119 cm³/mol. The summed E-state index contributed by atoms with van der Waals surface area (Å²) >= 11 is 1.59. The van der Waals surface area contributed by atoms with Crippen LogP contribution in [-0.4, -0.2) is 45.4 Å². The minimum atomic E-state index is -0.663. The van der Waals surface area contributed by atoms with Crippen molar-refractivity contribution in [3.8, 4) is 0 Å². The summed E-state index contributed by atoms with van der Waals surface area (Å²) < 4.78 is 0. The molecule has 1 aromatic carbocycles. The van der Waals surface area contributed by atoms with E-state index in [0.29, 0.717) is 17.9 Å². The topological polar surface area (TPSA) is 91.4 Å². The number of amides is 3. The molecule has 8 heteroatoms. The molecule has 0 aliphatic carbocycles. The fraction of sp³-hybridized carbons (Fsp3) is 0.391. The first-order valence-corrected chi connectivity index (χ1v) is 11.6. The van der Waals surface area contributed by atoms with E-state index < -0.39 is 12.1 Å². The van der Waals surface area contributed by atoms with Crippen molar-refractivity contribution in [2.24, 2.45) is 5.92 Å². The maximum atomic E-state index is 13.2. The Kier molecular flexibility index (Phi) is 6.27. The number of hydrogen-bond donors (Lipinski definition) is 2. The van der Waals surface area contributed by atoms with E-state index >= 15 is 0 Å². The van der Waals surface area contributed by atoms with Crippen LogP contribution in [0.3, 0.4) is 0 Å². The van der Waals surface area contributed by atoms with Crippen LogP contribution in [0, 0.1) is 5.92 Å². The standard InChI is InChI=1S/C23H26N4O3S/c1-3-14(2)19(21(29)25-12-15-8-10-24-11-9-15)26-20(28)18-13-31-23-17-7-5-4-6-16(17)22(30)27(18)23/h4-11,14,18-19,23H,3,12-13H2,1-2H3,(H,25,29)(H,26,28)/t14-,18-,19-,23-/m0/s1. The van der Waals surface area contributed by atoms with Gasteiger partial charge in [0, 0.05) is 30.3 Å². The summed E-state index contributed by atoms with van der Waals surface area (Å²) in [7, 11) is 0. The van der Waals surface area contributed by atoms with Gasteiger partial charge >= 0.3 is 0 Å². The lowest BCUT2D eigenvalue weighted by molar-refractivity contribution is -0.132. The van der Waals surface area contributed by atoms with Crippen molar-refractivity contribution < 1.29 is 14.4 Å². The summed E-state index contributed by atoms with van der Waals surface area (Å²) in [5.74, 6) is -0.147. The minimum absolute atomic E-state index is 0.0438. The quantitative estimate of drug-likeness (QED) is 0.693. The third-order valence-electron chi connectivity index (χ3n) is 6.00. The minimum Gasteiger partial charge on any atom is -0.350 e. The first-order valence-electron chi connectivity index (χ1n) is 10.5. The molecule has 0 saturated carbocycles. The Morgan fingerprint density at radius 1 is 1.23 bits per heavy atom. The van der Waals surface area contributed by atoms with Crippen molar-refractivity contribution in [1.29, 1.82) is 0 Å². The molecule has 0 spiro atoms. The lowest BCUT2D eigenvalue weighted by Crippen LogP contribution is -2.55. The number of thioether (sulfide) groups is 1. The van der Waals surface area contributed by atoms with Crippen LogP contribution in [-0.2, 0) is 16.1 Å². The van der Waals surface area contributed by atoms with Crippen LogP contribution in [0.1, 0.15) is 47.1 Å². The predicted octanol–water partition coefficient (Wildman–Crippen LogP) is 2.50. The van der Waals surface area contributed by atoms with Gasteiger partial charge in [-0.15, -0.1) is 11.8 Å². The number of carbonyl (C=O) groups excluding carboxylic acids is 3. The molecule has 2 aliphatic heterocycles. The van der Waals surface area contributed by atoms with E-state index in [2.05, 4.69) is 15.6 Å². The summed E-state index contributed by atoms with van der Waals surface area (Å²) in [4.78, 5) is 44.6. The monoisotopic (exact) mass is 438 g/mol. The molecule has 1 fully saturated rings. The molecule has 0 unspecified atom stereocenters. The molecule has 31 heavy (non-hydrogen) atoms. The van der Waals surface area contributed by atoms with E-state index in [-0.39, 0.29) is 29.0 Å². The number of aromatic nitrogens is 1. The first kappa shape index (κ1) is 21.4. The van der Waals surface area contributed by atoms with Crippen molar-refractivity contribution in [3.05, 3.63) is 65.5 Å². The molecule has 7 nitrogen and oxygen atoms in total. The van der Waals surface area contributed by atoms with E-state index in [9.17, 15) is 14.4 Å². The van der Waals surface area contributed by atoms with Crippen LogP contribution in [0.2, 0.25) is 0 Å². The van der Waals surface area contributed by atoms with Gasteiger partial charge in [0.15, 0.2) is 0 Å². The van der Waals surface area contributed by atoms with E-state index in [4.69, 9.17) is 0 Å². The average molecular weight is 439 g/mol. The highest BCUT2D eigenvalue weighted by molar-refractivity contribution is 7.99. The fourth-order valence-electron chi connectivity index (χ4n) is 3.99. The van der Waals surface area contributed by atoms with Crippen molar-refractivity contribution in [1.82, 2.24) is 20.5 Å². The van der Waals surface area contributed by atoms with Gasteiger partial charge in [-0.1, -0.05) is 38.5 Å². The second-order valence-corrected chi connectivity index (χ2v) is 9.06. The Bertz CT molecular complexity index is 984. The highest BCUT2D eigenvalue weighted by Gasteiger charge is 2.48. The second-order valence-electron chi connectivity index (χ2n) is 7.95. The lowest BCUT2D eigenvalue weighted by Gasteiger charge is -2.28. The summed E-state index contributed by atoms with van der Waals surface area (Å²) in [6, 6.07) is 9.92. The number of nitrogens with zero attached hydrogens (tertiary/aromatic N) is 2. The summed E-state index contributed by atoms with van der Waals surface area (Å²) in [6.07, 6.45) is 4.09. The van der Waals surface area contributed by atoms with Crippen LogP contribution in [0.5, 0.6) is 0 Å². The normalized spacial score (nSPS) is 21.2. The summed E-state index contributed by atoms with van der Waals surface area (Å²) in [5.41, 5.74) is 2.56. The highest BCUT2D eigenvalue weighted by atomic mass is 32.2. The van der Waals surface area contributed by atoms with Crippen LogP contribution in [0.15, 0.2) is 48.8 Å². The van der Waals surface area contributed by atoms with Crippen LogP contribution in [0.4, 0.5) is 0 Å². The van der Waals surface area contributed by atoms with Gasteiger partial charge in [-0.25, -0.2) is 0 Å². The van der Waals surface area contributed by atoms with Crippen molar-refractivity contribution in [2.45, 2.75) is 44.3 Å². The van der Waals surface area contributed by atoms with Crippen molar-refractivity contribution >= 4 is 29.5 Å². The lowest BCUT2D eigenvalue weighted by atomic mass is 9.97. The Morgan fingerprint density at radius 3 is 2.71 bits per heavy atom. The molecule has 162 valence electrons. The summed E-state index contributed by atoms with van der Waals surface area (Å²) in [6.45, 7) is 4.30. The van der Waals surface area contributed by atoms with Gasteiger partial charge in [-0.2, -0.15) is 0 Å². The van der Waals surface area contributed by atoms with E-state index in [1.54, 1.807) is 35.1 Å². The number of fused-ring (bicyclic) bond motifs is 3. The fourth-order valence-corrected chi connectivity index (χ4v) is 5.46. The van der Waals surface area contributed by atoms with Gasteiger partial charge in [0.25, 0.3) is 5.91 Å². The molecule has 4 rings (SSSR count). The zero-order valence-electron chi connectivity index (χ0n) is 17.6. The van der Waals surface area contributed by atoms with Crippen LogP contribution < -0.4 is 10.6 Å². The molecular weight excluding hydrogens is 412 g/mol. The van der Waals surface area contributed by atoms with Gasteiger partial charge in [-0.3, -0.25) is 19.4 Å². The number of hydrogen-bond acceptors (Lipinski definition) is 5. The van der Waals surface area contributed by atoms with Gasteiger partial charge in [0.2, 0.25) is 11.8 Å². The van der Waals surface area contributed by atoms with E-state index in [0.717, 1.165) is 17.5 Å². The molecular formula is C23H26N4O3S. The second kappa shape index (κ2) is 9.09. The smallest absolute Gasteiger partial charge is 0.256 e. The Morgan fingerprint density at radius 2 is 1.97 bits per heavy atom. The summed E-state index contributed by atoms with van der Waals surface area (Å²) in [5, 5.41) is 5.71. The highest BCUT2D eigenvalue weighted by Crippen LogP contribution is 2.48. The Hall–Kier alpha value is -2.87. The largest absolute Gasteiger partial charge is 0.350 e. The maximum absolute atomic E-state index is 13.2. The molecule has 0 bridgehead atoms. The third-order valence-corrected chi connectivity index (χ3v) is 7.31. The zero-order valence-corrected chi connectivity index (χ0v) is 18.4. The zero-order chi connectivity index (χ0) is 22.0. The molecule has 4 atom stereocenters. The molecule has 0 radical (unpaired) electrons. The van der Waals surface area contributed by atoms with Crippen molar-refractivity contribution in [3.63, 3.8) is 0 Å². The Balaban J connectivity index is 1.45. The number of pyridine rings is 1. The number of rotatable bonds is 7. The van der Waals surface area contributed by atoms with Gasteiger partial charge in [-0.05, 0) is 35.2 Å². The molecule has 1 saturated heterocycles. The third kappa shape index (κ3) is 4.17. The molecule has 2 aromatic rings. The number of carbonyl (C=O) groups is 3. The van der Waals surface area contributed by atoms with Gasteiger partial charge < -0.3 is 15.5 Å². The average Bonchev–Trinajstić information content (AvgIpc) is 3.36. The first-order chi connectivity index (χ1) is 15.0. The van der Waals surface area contributed by atoms with Crippen molar-refractivity contribution in [2.75, 3.05) is 5.75 Å². The molecule has 2 aliphatic rings. The SMILES string of the molecule is CC[C@H](C)[C@H](NC(=O)[C@@H]1CS[C@H]2c3ccccc3C(=O)N12)C(=O)NCc1ccncc1. The van der Waals surface area contributed by atoms with Gasteiger partial charge in [0.05, 0.1) is 0 Å². The Labute approximate surface area is 186 Å². The van der Waals surface area contributed by atoms with Crippen LogP contribution >= 0.6 is 11.8 Å². The number of nitrogens with one attached hydrogen (secondary N) is 2. The van der Waals surface area contributed by atoms with E-state index in [1.165, 1.54) is 0 Å². The van der Waals surface area contributed by atoms with E-state index in [1.807, 2.05) is 44.2 Å². The van der Waals surface area contributed by atoms with Gasteiger partial charge in [0.1, 0.15) is 17.5 Å². The molecule has 2 N–H and O–H groups in total. The molecule has 3 heterocycles.